The number of imidazole rings is 1. The van der Waals surface area contributed by atoms with Crippen LogP contribution < -0.4 is 0 Å². The molecule has 0 saturated heterocycles. The van der Waals surface area contributed by atoms with Gasteiger partial charge in [-0.05, 0) is 50.7 Å². The SMILES string of the molecule is Cc1cccc(CN(C)Cc2nc(-c3ccc4ncnn4c3)c(-c3cccc(C)n3)[nH]2)c1. The summed E-state index contributed by atoms with van der Waals surface area (Å²) in [5, 5.41) is 4.27. The maximum atomic E-state index is 4.98. The van der Waals surface area contributed by atoms with Crippen LogP contribution in [0.4, 0.5) is 0 Å². The van der Waals surface area contributed by atoms with E-state index < -0.39 is 0 Å². The largest absolute Gasteiger partial charge is 0.339 e. The Labute approximate surface area is 186 Å². The fourth-order valence-corrected chi connectivity index (χ4v) is 3.96. The molecule has 32 heavy (non-hydrogen) atoms. The molecular formula is C25H25N7. The van der Waals surface area contributed by atoms with Gasteiger partial charge >= 0.3 is 0 Å². The average Bonchev–Trinajstić information content (AvgIpc) is 3.40. The van der Waals surface area contributed by atoms with Crippen LogP contribution in [0.2, 0.25) is 0 Å². The zero-order chi connectivity index (χ0) is 22.1. The van der Waals surface area contributed by atoms with Gasteiger partial charge in [-0.1, -0.05) is 35.9 Å². The number of aromatic amines is 1. The predicted molar refractivity (Wildman–Crippen MR) is 125 cm³/mol. The van der Waals surface area contributed by atoms with Gasteiger partial charge in [-0.2, -0.15) is 5.10 Å². The highest BCUT2D eigenvalue weighted by atomic mass is 15.3. The van der Waals surface area contributed by atoms with Crippen molar-refractivity contribution >= 4 is 5.65 Å². The number of nitrogens with zero attached hydrogens (tertiary/aromatic N) is 6. The summed E-state index contributed by atoms with van der Waals surface area (Å²) < 4.78 is 1.76. The van der Waals surface area contributed by atoms with E-state index in [2.05, 4.69) is 58.2 Å². The Morgan fingerprint density at radius 2 is 1.84 bits per heavy atom. The Hall–Kier alpha value is -3.84. The lowest BCUT2D eigenvalue weighted by molar-refractivity contribution is 0.311. The number of benzene rings is 1. The predicted octanol–water partition coefficient (Wildman–Crippen LogP) is 4.43. The minimum absolute atomic E-state index is 0.693. The van der Waals surface area contributed by atoms with Crippen molar-refractivity contribution in [3.63, 3.8) is 0 Å². The number of nitrogens with one attached hydrogen (secondary N) is 1. The van der Waals surface area contributed by atoms with Crippen LogP contribution >= 0.6 is 0 Å². The molecule has 0 atom stereocenters. The van der Waals surface area contributed by atoms with Crippen molar-refractivity contribution in [1.82, 2.24) is 34.4 Å². The van der Waals surface area contributed by atoms with Gasteiger partial charge in [0.05, 0.1) is 23.6 Å². The van der Waals surface area contributed by atoms with Crippen molar-refractivity contribution < 1.29 is 0 Å². The average molecular weight is 424 g/mol. The van der Waals surface area contributed by atoms with Gasteiger partial charge in [0, 0.05) is 24.0 Å². The quantitative estimate of drug-likeness (QED) is 0.437. The number of aryl methyl sites for hydroxylation is 2. The lowest BCUT2D eigenvalue weighted by Crippen LogP contribution is -2.18. The first kappa shape index (κ1) is 20.1. The molecule has 1 N–H and O–H groups in total. The molecule has 0 aliphatic heterocycles. The summed E-state index contributed by atoms with van der Waals surface area (Å²) in [5.74, 6) is 0.896. The third kappa shape index (κ3) is 4.15. The molecule has 7 nitrogen and oxygen atoms in total. The van der Waals surface area contributed by atoms with Gasteiger partial charge in [0.2, 0.25) is 0 Å². The molecule has 7 heteroatoms. The number of fused-ring (bicyclic) bond motifs is 1. The van der Waals surface area contributed by atoms with E-state index >= 15 is 0 Å². The zero-order valence-corrected chi connectivity index (χ0v) is 18.4. The van der Waals surface area contributed by atoms with Gasteiger partial charge < -0.3 is 4.98 Å². The second-order valence-electron chi connectivity index (χ2n) is 8.21. The first-order valence-electron chi connectivity index (χ1n) is 10.6. The second-order valence-corrected chi connectivity index (χ2v) is 8.21. The number of hydrogen-bond donors (Lipinski definition) is 1. The van der Waals surface area contributed by atoms with Crippen molar-refractivity contribution in [1.29, 1.82) is 0 Å². The van der Waals surface area contributed by atoms with E-state index in [1.807, 2.05) is 43.5 Å². The molecule has 0 bridgehead atoms. The zero-order valence-electron chi connectivity index (χ0n) is 18.4. The van der Waals surface area contributed by atoms with Crippen molar-refractivity contribution in [3.8, 4) is 22.6 Å². The summed E-state index contributed by atoms with van der Waals surface area (Å²) in [7, 11) is 2.11. The smallest absolute Gasteiger partial charge is 0.155 e. The summed E-state index contributed by atoms with van der Waals surface area (Å²) in [4.78, 5) is 19.7. The molecule has 0 amide bonds. The maximum Gasteiger partial charge on any atom is 0.155 e. The second kappa shape index (κ2) is 8.36. The van der Waals surface area contributed by atoms with E-state index in [0.717, 1.165) is 46.4 Å². The van der Waals surface area contributed by atoms with Crippen molar-refractivity contribution in [3.05, 3.63) is 89.8 Å². The molecule has 0 aliphatic carbocycles. The molecule has 0 aliphatic rings. The summed E-state index contributed by atoms with van der Waals surface area (Å²) in [5.41, 5.74) is 7.94. The number of H-pyrrole nitrogens is 1. The van der Waals surface area contributed by atoms with Crippen LogP contribution in [-0.2, 0) is 13.1 Å². The van der Waals surface area contributed by atoms with Gasteiger partial charge in [0.25, 0.3) is 0 Å². The molecular weight excluding hydrogens is 398 g/mol. The number of hydrogen-bond acceptors (Lipinski definition) is 5. The van der Waals surface area contributed by atoms with Crippen LogP contribution in [0.3, 0.4) is 0 Å². The molecule has 1 aromatic carbocycles. The molecule has 0 unspecified atom stereocenters. The highest BCUT2D eigenvalue weighted by molar-refractivity contribution is 5.77. The molecule has 0 fully saturated rings. The number of pyridine rings is 2. The highest BCUT2D eigenvalue weighted by Gasteiger charge is 2.17. The van der Waals surface area contributed by atoms with Crippen LogP contribution in [0.15, 0.2) is 67.1 Å². The first-order chi connectivity index (χ1) is 15.5. The molecule has 4 heterocycles. The van der Waals surface area contributed by atoms with Crippen LogP contribution in [0.25, 0.3) is 28.3 Å². The Morgan fingerprint density at radius 1 is 0.969 bits per heavy atom. The lowest BCUT2D eigenvalue weighted by Gasteiger charge is -2.15. The molecule has 0 radical (unpaired) electrons. The van der Waals surface area contributed by atoms with E-state index in [1.54, 1.807) is 10.8 Å². The fraction of sp³-hybridized carbons (Fsp3) is 0.200. The number of aromatic nitrogens is 6. The molecule has 0 saturated carbocycles. The van der Waals surface area contributed by atoms with Crippen LogP contribution in [0.1, 0.15) is 22.6 Å². The van der Waals surface area contributed by atoms with E-state index in [9.17, 15) is 0 Å². The van der Waals surface area contributed by atoms with Gasteiger partial charge in [0.15, 0.2) is 5.65 Å². The summed E-state index contributed by atoms with van der Waals surface area (Å²) >= 11 is 0. The summed E-state index contributed by atoms with van der Waals surface area (Å²) in [6, 6.07) is 18.6. The van der Waals surface area contributed by atoms with E-state index in [4.69, 9.17) is 9.97 Å². The molecule has 0 spiro atoms. The molecule has 5 rings (SSSR count). The van der Waals surface area contributed by atoms with E-state index in [1.165, 1.54) is 11.1 Å². The monoisotopic (exact) mass is 423 g/mol. The van der Waals surface area contributed by atoms with Gasteiger partial charge in [-0.3, -0.25) is 9.88 Å². The van der Waals surface area contributed by atoms with E-state index in [-0.39, 0.29) is 0 Å². The third-order valence-corrected chi connectivity index (χ3v) is 5.40. The minimum atomic E-state index is 0.693. The normalized spacial score (nSPS) is 11.5. The first-order valence-corrected chi connectivity index (χ1v) is 10.6. The maximum absolute atomic E-state index is 4.98. The van der Waals surface area contributed by atoms with Crippen LogP contribution in [0.5, 0.6) is 0 Å². The van der Waals surface area contributed by atoms with Crippen LogP contribution in [0, 0.1) is 13.8 Å². The molecule has 160 valence electrons. The fourth-order valence-electron chi connectivity index (χ4n) is 3.96. The minimum Gasteiger partial charge on any atom is -0.339 e. The van der Waals surface area contributed by atoms with Gasteiger partial charge in [-0.25, -0.2) is 14.5 Å². The Morgan fingerprint density at radius 3 is 2.69 bits per heavy atom. The Balaban J connectivity index is 1.50. The van der Waals surface area contributed by atoms with Crippen molar-refractivity contribution in [2.75, 3.05) is 7.05 Å². The van der Waals surface area contributed by atoms with Crippen LogP contribution in [-0.4, -0.2) is 41.5 Å². The van der Waals surface area contributed by atoms with Crippen molar-refractivity contribution in [2.24, 2.45) is 0 Å². The molecule has 5 aromatic rings. The Bertz CT molecular complexity index is 1380. The standard InChI is InChI=1S/C25H25N7/c1-17-6-4-8-19(12-17)13-31(3)15-22-29-24(20-10-11-23-26-16-27-32(23)14-20)25(30-22)21-9-5-7-18(2)28-21/h4-12,14,16H,13,15H2,1-3H3,(H,29,30). The highest BCUT2D eigenvalue weighted by Crippen LogP contribution is 2.29. The third-order valence-electron chi connectivity index (χ3n) is 5.40. The van der Waals surface area contributed by atoms with Gasteiger partial charge in [0.1, 0.15) is 12.2 Å². The summed E-state index contributed by atoms with van der Waals surface area (Å²) in [6.07, 6.45) is 3.51. The van der Waals surface area contributed by atoms with E-state index in [0.29, 0.717) is 6.54 Å². The Kier molecular flexibility index (Phi) is 5.25. The topological polar surface area (TPSA) is 75.0 Å². The van der Waals surface area contributed by atoms with Crippen molar-refractivity contribution in [2.45, 2.75) is 26.9 Å². The number of rotatable bonds is 6. The molecule has 4 aromatic heterocycles. The van der Waals surface area contributed by atoms with Gasteiger partial charge in [-0.15, -0.1) is 0 Å². The summed E-state index contributed by atoms with van der Waals surface area (Å²) in [6.45, 7) is 5.66. The lowest BCUT2D eigenvalue weighted by atomic mass is 10.1.